The summed E-state index contributed by atoms with van der Waals surface area (Å²) < 4.78 is 4.60. The molecular weight excluding hydrogens is 346 g/mol. The SMILES string of the molecule is COC(=O)c1ccc(NC(=O)C(=O)NCCc2ccc(N(C)C)cc2)cc1. The lowest BCUT2D eigenvalue weighted by Gasteiger charge is -2.12. The molecule has 0 saturated carbocycles. The van der Waals surface area contributed by atoms with Gasteiger partial charge in [-0.25, -0.2) is 4.79 Å². The zero-order chi connectivity index (χ0) is 19.8. The Labute approximate surface area is 158 Å². The summed E-state index contributed by atoms with van der Waals surface area (Å²) in [6.07, 6.45) is 0.626. The van der Waals surface area contributed by atoms with Crippen molar-refractivity contribution in [2.45, 2.75) is 6.42 Å². The number of methoxy groups -OCH3 is 1. The summed E-state index contributed by atoms with van der Waals surface area (Å²) >= 11 is 0. The second-order valence-corrected chi connectivity index (χ2v) is 6.09. The topological polar surface area (TPSA) is 87.7 Å². The molecule has 0 unspecified atom stereocenters. The number of carbonyl (C=O) groups is 3. The van der Waals surface area contributed by atoms with E-state index in [0.717, 1.165) is 11.3 Å². The molecule has 0 aromatic heterocycles. The van der Waals surface area contributed by atoms with Crippen molar-refractivity contribution in [1.29, 1.82) is 0 Å². The molecule has 0 atom stereocenters. The third-order valence-electron chi connectivity index (χ3n) is 3.92. The number of rotatable bonds is 6. The molecule has 7 heteroatoms. The Morgan fingerprint density at radius 1 is 0.926 bits per heavy atom. The van der Waals surface area contributed by atoms with Gasteiger partial charge in [-0.2, -0.15) is 0 Å². The first-order valence-corrected chi connectivity index (χ1v) is 8.44. The molecule has 0 heterocycles. The molecule has 0 fully saturated rings. The fraction of sp³-hybridized carbons (Fsp3) is 0.250. The summed E-state index contributed by atoms with van der Waals surface area (Å²) in [6.45, 7) is 0.356. The van der Waals surface area contributed by atoms with Crippen molar-refractivity contribution in [2.75, 3.05) is 38.0 Å². The van der Waals surface area contributed by atoms with Crippen molar-refractivity contribution in [2.24, 2.45) is 0 Å². The van der Waals surface area contributed by atoms with E-state index in [9.17, 15) is 14.4 Å². The highest BCUT2D eigenvalue weighted by molar-refractivity contribution is 6.39. The van der Waals surface area contributed by atoms with Crippen molar-refractivity contribution in [1.82, 2.24) is 5.32 Å². The number of nitrogens with zero attached hydrogens (tertiary/aromatic N) is 1. The number of benzene rings is 2. The molecule has 0 saturated heterocycles. The van der Waals surface area contributed by atoms with E-state index in [1.54, 1.807) is 0 Å². The summed E-state index contributed by atoms with van der Waals surface area (Å²) in [4.78, 5) is 37.2. The van der Waals surface area contributed by atoms with Crippen LogP contribution in [0.2, 0.25) is 0 Å². The van der Waals surface area contributed by atoms with Crippen LogP contribution in [0.1, 0.15) is 15.9 Å². The molecule has 2 rings (SSSR count). The van der Waals surface area contributed by atoms with Crippen LogP contribution in [-0.4, -0.2) is 45.5 Å². The quantitative estimate of drug-likeness (QED) is 0.599. The van der Waals surface area contributed by atoms with E-state index in [1.807, 2.05) is 43.3 Å². The summed E-state index contributed by atoms with van der Waals surface area (Å²) in [7, 11) is 5.23. The van der Waals surface area contributed by atoms with Crippen molar-refractivity contribution < 1.29 is 19.1 Å². The highest BCUT2D eigenvalue weighted by Crippen LogP contribution is 2.12. The van der Waals surface area contributed by atoms with Crippen LogP contribution in [0.25, 0.3) is 0 Å². The molecule has 2 amide bonds. The van der Waals surface area contributed by atoms with E-state index < -0.39 is 17.8 Å². The molecule has 2 aromatic rings. The number of hydrogen-bond acceptors (Lipinski definition) is 5. The predicted molar refractivity (Wildman–Crippen MR) is 104 cm³/mol. The van der Waals surface area contributed by atoms with Gasteiger partial charge in [0.25, 0.3) is 0 Å². The second kappa shape index (κ2) is 9.38. The van der Waals surface area contributed by atoms with Crippen LogP contribution >= 0.6 is 0 Å². The van der Waals surface area contributed by atoms with Gasteiger partial charge in [0.2, 0.25) is 0 Å². The summed E-state index contributed by atoms with van der Waals surface area (Å²) in [5.74, 6) is -1.94. The van der Waals surface area contributed by atoms with Crippen LogP contribution in [0.15, 0.2) is 48.5 Å². The maximum absolute atomic E-state index is 11.9. The van der Waals surface area contributed by atoms with E-state index in [2.05, 4.69) is 15.4 Å². The Balaban J connectivity index is 1.80. The number of nitrogens with one attached hydrogen (secondary N) is 2. The third-order valence-corrected chi connectivity index (χ3v) is 3.92. The zero-order valence-corrected chi connectivity index (χ0v) is 15.6. The summed E-state index contributed by atoms with van der Waals surface area (Å²) in [5.41, 5.74) is 2.95. The van der Waals surface area contributed by atoms with Crippen LogP contribution in [0, 0.1) is 0 Å². The number of carbonyl (C=O) groups excluding carboxylic acids is 3. The van der Waals surface area contributed by atoms with Gasteiger partial charge in [-0.05, 0) is 48.4 Å². The molecular formula is C20H23N3O4. The van der Waals surface area contributed by atoms with Crippen molar-refractivity contribution in [3.8, 4) is 0 Å². The highest BCUT2D eigenvalue weighted by Gasteiger charge is 2.13. The highest BCUT2D eigenvalue weighted by atomic mass is 16.5. The number of anilines is 2. The fourth-order valence-electron chi connectivity index (χ4n) is 2.36. The van der Waals surface area contributed by atoms with Crippen LogP contribution in [0.5, 0.6) is 0 Å². The smallest absolute Gasteiger partial charge is 0.337 e. The van der Waals surface area contributed by atoms with Gasteiger partial charge in [-0.3, -0.25) is 9.59 Å². The Morgan fingerprint density at radius 2 is 1.56 bits per heavy atom. The minimum Gasteiger partial charge on any atom is -0.465 e. The average molecular weight is 369 g/mol. The van der Waals surface area contributed by atoms with Gasteiger partial charge in [-0.1, -0.05) is 12.1 Å². The van der Waals surface area contributed by atoms with Crippen molar-refractivity contribution >= 4 is 29.2 Å². The first-order chi connectivity index (χ1) is 12.9. The standard InChI is InChI=1S/C20H23N3O4/c1-23(2)17-10-4-14(5-11-17)12-13-21-18(24)19(25)22-16-8-6-15(7-9-16)20(26)27-3/h4-11H,12-13H2,1-3H3,(H,21,24)(H,22,25). The normalized spacial score (nSPS) is 10.0. The van der Waals surface area contributed by atoms with Crippen LogP contribution in [0.4, 0.5) is 11.4 Å². The van der Waals surface area contributed by atoms with E-state index in [0.29, 0.717) is 24.2 Å². The maximum Gasteiger partial charge on any atom is 0.337 e. The molecule has 0 bridgehead atoms. The molecule has 0 radical (unpaired) electrons. The van der Waals surface area contributed by atoms with Gasteiger partial charge in [0.1, 0.15) is 0 Å². The molecule has 27 heavy (non-hydrogen) atoms. The Hall–Kier alpha value is -3.35. The van der Waals surface area contributed by atoms with Gasteiger partial charge in [0, 0.05) is 32.0 Å². The number of hydrogen-bond donors (Lipinski definition) is 2. The van der Waals surface area contributed by atoms with E-state index in [1.165, 1.54) is 31.4 Å². The molecule has 0 aliphatic rings. The fourth-order valence-corrected chi connectivity index (χ4v) is 2.36. The molecule has 0 aliphatic carbocycles. The maximum atomic E-state index is 11.9. The summed E-state index contributed by atoms with van der Waals surface area (Å²) in [5, 5.41) is 5.08. The minimum absolute atomic E-state index is 0.356. The van der Waals surface area contributed by atoms with Crippen LogP contribution < -0.4 is 15.5 Å². The minimum atomic E-state index is -0.760. The van der Waals surface area contributed by atoms with E-state index in [4.69, 9.17) is 0 Å². The van der Waals surface area contributed by atoms with Crippen molar-refractivity contribution in [3.63, 3.8) is 0 Å². The largest absolute Gasteiger partial charge is 0.465 e. The Bertz CT molecular complexity index is 799. The first-order valence-electron chi connectivity index (χ1n) is 8.44. The van der Waals surface area contributed by atoms with E-state index in [-0.39, 0.29) is 0 Å². The molecule has 2 aromatic carbocycles. The lowest BCUT2D eigenvalue weighted by atomic mass is 10.1. The predicted octanol–water partition coefficient (Wildman–Crippen LogP) is 1.84. The molecule has 7 nitrogen and oxygen atoms in total. The molecule has 2 N–H and O–H groups in total. The van der Waals surface area contributed by atoms with Crippen molar-refractivity contribution in [3.05, 3.63) is 59.7 Å². The van der Waals surface area contributed by atoms with E-state index >= 15 is 0 Å². The monoisotopic (exact) mass is 369 g/mol. The van der Waals surface area contributed by atoms with Gasteiger partial charge >= 0.3 is 17.8 Å². The third kappa shape index (κ3) is 5.85. The second-order valence-electron chi connectivity index (χ2n) is 6.09. The summed E-state index contributed by atoms with van der Waals surface area (Å²) in [6, 6.07) is 14.1. The van der Waals surface area contributed by atoms with Gasteiger partial charge in [0.15, 0.2) is 0 Å². The Morgan fingerprint density at radius 3 is 2.11 bits per heavy atom. The lowest BCUT2D eigenvalue weighted by molar-refractivity contribution is -0.136. The lowest BCUT2D eigenvalue weighted by Crippen LogP contribution is -2.36. The van der Waals surface area contributed by atoms with Gasteiger partial charge in [-0.15, -0.1) is 0 Å². The first kappa shape index (κ1) is 20.0. The van der Waals surface area contributed by atoms with Gasteiger partial charge < -0.3 is 20.3 Å². The molecule has 0 spiro atoms. The Kier molecular flexibility index (Phi) is 6.93. The molecule has 142 valence electrons. The number of amides is 2. The average Bonchev–Trinajstić information content (AvgIpc) is 2.68. The molecule has 0 aliphatic heterocycles. The van der Waals surface area contributed by atoms with Crippen LogP contribution in [0.3, 0.4) is 0 Å². The zero-order valence-electron chi connectivity index (χ0n) is 15.6. The van der Waals surface area contributed by atoms with Crippen LogP contribution in [-0.2, 0) is 20.7 Å². The number of ether oxygens (including phenoxy) is 1. The van der Waals surface area contributed by atoms with Gasteiger partial charge in [0.05, 0.1) is 12.7 Å². The number of esters is 1.